The molecular weight excluding hydrogens is 286 g/mol. The zero-order valence-corrected chi connectivity index (χ0v) is 12.8. The van der Waals surface area contributed by atoms with Gasteiger partial charge in [-0.3, -0.25) is 10.1 Å². The zero-order valence-electron chi connectivity index (χ0n) is 12.8. The number of hydrogen-bond donors (Lipinski definition) is 2. The van der Waals surface area contributed by atoms with Gasteiger partial charge >= 0.3 is 6.09 Å². The Bertz CT molecular complexity index is 574. The molecule has 0 spiro atoms. The molecular formula is C15H21N3O4. The lowest BCUT2D eigenvalue weighted by molar-refractivity contribution is -0.384. The van der Waals surface area contributed by atoms with Gasteiger partial charge in [-0.05, 0) is 30.4 Å². The molecule has 2 rings (SSSR count). The third-order valence-corrected chi connectivity index (χ3v) is 3.94. The molecule has 0 aliphatic carbocycles. The second-order valence-electron chi connectivity index (χ2n) is 5.90. The number of amides is 1. The van der Waals surface area contributed by atoms with Crippen molar-refractivity contribution in [3.05, 3.63) is 33.9 Å². The van der Waals surface area contributed by atoms with Crippen molar-refractivity contribution in [3.63, 3.8) is 0 Å². The number of rotatable bonds is 4. The Kier molecular flexibility index (Phi) is 4.85. The summed E-state index contributed by atoms with van der Waals surface area (Å²) in [4.78, 5) is 23.2. The fraction of sp³-hybridized carbons (Fsp3) is 0.533. The maximum Gasteiger partial charge on any atom is 0.407 e. The van der Waals surface area contributed by atoms with E-state index in [0.29, 0.717) is 18.8 Å². The first-order chi connectivity index (χ1) is 10.4. The highest BCUT2D eigenvalue weighted by Gasteiger charge is 2.25. The number of likely N-dealkylation sites (tertiary alicyclic amines) is 1. The van der Waals surface area contributed by atoms with E-state index in [1.807, 2.05) is 13.8 Å². The third-order valence-electron chi connectivity index (χ3n) is 3.94. The molecule has 22 heavy (non-hydrogen) atoms. The fourth-order valence-corrected chi connectivity index (χ4v) is 2.68. The Morgan fingerprint density at radius 2 is 2.23 bits per heavy atom. The quantitative estimate of drug-likeness (QED) is 0.657. The molecule has 1 heterocycles. The molecule has 1 amide bonds. The number of nitro benzene ring substituents is 1. The topological polar surface area (TPSA) is 95.7 Å². The van der Waals surface area contributed by atoms with Gasteiger partial charge in [0, 0.05) is 25.2 Å². The summed E-state index contributed by atoms with van der Waals surface area (Å²) in [6.45, 7) is 4.91. The molecule has 1 aromatic carbocycles. The minimum atomic E-state index is -0.947. The zero-order chi connectivity index (χ0) is 16.3. The lowest BCUT2D eigenvalue weighted by atomic mass is 10.0. The van der Waals surface area contributed by atoms with Crippen LogP contribution in [0.2, 0.25) is 0 Å². The number of benzene rings is 1. The van der Waals surface area contributed by atoms with Crippen molar-refractivity contribution >= 4 is 17.5 Å². The van der Waals surface area contributed by atoms with Crippen molar-refractivity contribution in [3.8, 4) is 0 Å². The van der Waals surface area contributed by atoms with Crippen LogP contribution in [-0.2, 0) is 0 Å². The molecule has 0 radical (unpaired) electrons. The van der Waals surface area contributed by atoms with Crippen molar-refractivity contribution < 1.29 is 14.8 Å². The van der Waals surface area contributed by atoms with Crippen molar-refractivity contribution in [1.82, 2.24) is 4.90 Å². The number of nitrogens with one attached hydrogen (secondary N) is 1. The Morgan fingerprint density at radius 1 is 1.50 bits per heavy atom. The number of anilines is 1. The second kappa shape index (κ2) is 6.64. The van der Waals surface area contributed by atoms with E-state index in [-0.39, 0.29) is 17.6 Å². The van der Waals surface area contributed by atoms with Crippen LogP contribution in [0.25, 0.3) is 0 Å². The summed E-state index contributed by atoms with van der Waals surface area (Å²) in [5.74, 6) is 0.267. The number of nitro groups is 1. The van der Waals surface area contributed by atoms with Crippen LogP contribution in [0.1, 0.15) is 38.2 Å². The minimum absolute atomic E-state index is 0.0249. The summed E-state index contributed by atoms with van der Waals surface area (Å²) < 4.78 is 0. The molecule has 0 saturated carbocycles. The summed E-state index contributed by atoms with van der Waals surface area (Å²) in [7, 11) is 0. The summed E-state index contributed by atoms with van der Waals surface area (Å²) in [5.41, 5.74) is 1.50. The first kappa shape index (κ1) is 16.1. The molecule has 1 aromatic rings. The van der Waals surface area contributed by atoms with E-state index in [2.05, 4.69) is 5.32 Å². The van der Waals surface area contributed by atoms with Crippen molar-refractivity contribution in [2.75, 3.05) is 18.4 Å². The standard InChI is InChI=1S/C15H21N3O4/c1-10(2)11-5-6-14(18(21)22)13(8-11)16-12-4-3-7-17(9-12)15(19)20/h5-6,8,10,12,16H,3-4,7,9H2,1-2H3,(H,19,20). The summed E-state index contributed by atoms with van der Waals surface area (Å²) >= 11 is 0. The Hall–Kier alpha value is -2.31. The SMILES string of the molecule is CC(C)c1ccc([N+](=O)[O-])c(NC2CCCN(C(=O)O)C2)c1. The maximum atomic E-state index is 11.2. The normalized spacial score (nSPS) is 18.3. The number of carboxylic acid groups (broad SMARTS) is 1. The lowest BCUT2D eigenvalue weighted by Gasteiger charge is -2.31. The second-order valence-corrected chi connectivity index (χ2v) is 5.90. The van der Waals surface area contributed by atoms with Crippen molar-refractivity contribution in [1.29, 1.82) is 0 Å². The lowest BCUT2D eigenvalue weighted by Crippen LogP contribution is -2.44. The first-order valence-corrected chi connectivity index (χ1v) is 7.41. The van der Waals surface area contributed by atoms with Gasteiger partial charge in [0.2, 0.25) is 0 Å². The number of nitrogens with zero attached hydrogens (tertiary/aromatic N) is 2. The summed E-state index contributed by atoms with van der Waals surface area (Å²) in [6, 6.07) is 4.96. The van der Waals surface area contributed by atoms with E-state index < -0.39 is 11.0 Å². The number of piperidine rings is 1. The van der Waals surface area contributed by atoms with Crippen LogP contribution in [0.5, 0.6) is 0 Å². The first-order valence-electron chi connectivity index (χ1n) is 7.41. The van der Waals surface area contributed by atoms with E-state index in [9.17, 15) is 14.9 Å². The summed E-state index contributed by atoms with van der Waals surface area (Å²) in [5, 5.41) is 23.4. The van der Waals surface area contributed by atoms with E-state index in [1.165, 1.54) is 11.0 Å². The van der Waals surface area contributed by atoms with E-state index in [0.717, 1.165) is 18.4 Å². The predicted molar refractivity (Wildman–Crippen MR) is 83.4 cm³/mol. The monoisotopic (exact) mass is 307 g/mol. The molecule has 1 aliphatic rings. The van der Waals surface area contributed by atoms with E-state index in [4.69, 9.17) is 5.11 Å². The smallest absolute Gasteiger partial charge is 0.407 e. The van der Waals surface area contributed by atoms with Gasteiger partial charge in [-0.25, -0.2) is 4.79 Å². The highest BCUT2D eigenvalue weighted by molar-refractivity contribution is 5.66. The Labute approximate surface area is 129 Å². The fourth-order valence-electron chi connectivity index (χ4n) is 2.68. The molecule has 2 N–H and O–H groups in total. The summed E-state index contributed by atoms with van der Waals surface area (Å²) in [6.07, 6.45) is 0.603. The Morgan fingerprint density at radius 3 is 2.82 bits per heavy atom. The minimum Gasteiger partial charge on any atom is -0.465 e. The average molecular weight is 307 g/mol. The van der Waals surface area contributed by atoms with Gasteiger partial charge in [-0.1, -0.05) is 19.9 Å². The van der Waals surface area contributed by atoms with Crippen LogP contribution in [0, 0.1) is 10.1 Å². The maximum absolute atomic E-state index is 11.2. The van der Waals surface area contributed by atoms with E-state index >= 15 is 0 Å². The van der Waals surface area contributed by atoms with E-state index in [1.54, 1.807) is 12.1 Å². The van der Waals surface area contributed by atoms with Gasteiger partial charge in [0.05, 0.1) is 4.92 Å². The molecule has 1 saturated heterocycles. The molecule has 1 fully saturated rings. The predicted octanol–water partition coefficient (Wildman–Crippen LogP) is 3.27. The van der Waals surface area contributed by atoms with Gasteiger partial charge in [0.25, 0.3) is 5.69 Å². The molecule has 0 aromatic heterocycles. The van der Waals surface area contributed by atoms with Gasteiger partial charge in [-0.15, -0.1) is 0 Å². The molecule has 7 heteroatoms. The van der Waals surface area contributed by atoms with Crippen LogP contribution in [-0.4, -0.2) is 40.2 Å². The molecule has 1 aliphatic heterocycles. The highest BCUT2D eigenvalue weighted by atomic mass is 16.6. The van der Waals surface area contributed by atoms with Crippen LogP contribution in [0.3, 0.4) is 0 Å². The van der Waals surface area contributed by atoms with Crippen LogP contribution >= 0.6 is 0 Å². The molecule has 0 bridgehead atoms. The van der Waals surface area contributed by atoms with Crippen molar-refractivity contribution in [2.24, 2.45) is 0 Å². The van der Waals surface area contributed by atoms with Gasteiger partial charge in [-0.2, -0.15) is 0 Å². The van der Waals surface area contributed by atoms with Gasteiger partial charge < -0.3 is 15.3 Å². The molecule has 1 atom stereocenters. The Balaban J connectivity index is 2.21. The van der Waals surface area contributed by atoms with Crippen molar-refractivity contribution in [2.45, 2.75) is 38.6 Å². The van der Waals surface area contributed by atoms with Crippen LogP contribution in [0.4, 0.5) is 16.2 Å². The molecule has 7 nitrogen and oxygen atoms in total. The van der Waals surface area contributed by atoms with Gasteiger partial charge in [0.15, 0.2) is 0 Å². The number of carbonyl (C=O) groups is 1. The largest absolute Gasteiger partial charge is 0.465 e. The average Bonchev–Trinajstić information content (AvgIpc) is 2.47. The third kappa shape index (κ3) is 3.66. The van der Waals surface area contributed by atoms with Gasteiger partial charge in [0.1, 0.15) is 5.69 Å². The highest BCUT2D eigenvalue weighted by Crippen LogP contribution is 2.30. The molecule has 120 valence electrons. The number of hydrogen-bond acceptors (Lipinski definition) is 4. The van der Waals surface area contributed by atoms with Crippen LogP contribution < -0.4 is 5.32 Å². The van der Waals surface area contributed by atoms with Crippen LogP contribution in [0.15, 0.2) is 18.2 Å². The molecule has 1 unspecified atom stereocenters.